The molecular formula is C23H20N2O6. The van der Waals surface area contributed by atoms with Crippen LogP contribution in [0.2, 0.25) is 0 Å². The van der Waals surface area contributed by atoms with Crippen LogP contribution in [0.5, 0.6) is 0 Å². The zero-order valence-electron chi connectivity index (χ0n) is 16.8. The zero-order valence-corrected chi connectivity index (χ0v) is 16.8. The molecule has 1 aliphatic carbocycles. The summed E-state index contributed by atoms with van der Waals surface area (Å²) in [5, 5.41) is 2.61. The van der Waals surface area contributed by atoms with E-state index in [0.29, 0.717) is 34.7 Å². The zero-order chi connectivity index (χ0) is 22.0. The molecule has 0 radical (unpaired) electrons. The summed E-state index contributed by atoms with van der Waals surface area (Å²) in [7, 11) is 0. The number of benzene rings is 1. The molecule has 2 N–H and O–H groups in total. The first-order valence-corrected chi connectivity index (χ1v) is 9.87. The normalized spacial score (nSPS) is 15.3. The molecule has 0 aliphatic heterocycles. The molecule has 0 fully saturated rings. The van der Waals surface area contributed by atoms with Crippen LogP contribution in [0, 0.1) is 0 Å². The monoisotopic (exact) mass is 420 g/mol. The number of anilines is 1. The average Bonchev–Trinajstić information content (AvgIpc) is 3.29. The number of furan rings is 1. The second-order valence-electron chi connectivity index (χ2n) is 7.20. The lowest BCUT2D eigenvalue weighted by Gasteiger charge is -2.22. The highest BCUT2D eigenvalue weighted by atomic mass is 16.5. The number of ether oxygens (including phenoxy) is 1. The van der Waals surface area contributed by atoms with Crippen LogP contribution in [0.4, 0.5) is 5.69 Å². The van der Waals surface area contributed by atoms with E-state index in [1.807, 2.05) is 0 Å². The summed E-state index contributed by atoms with van der Waals surface area (Å²) < 4.78 is 10.3. The molecule has 0 bridgehead atoms. The van der Waals surface area contributed by atoms with Gasteiger partial charge in [-0.3, -0.25) is 14.4 Å². The van der Waals surface area contributed by atoms with E-state index < -0.39 is 17.4 Å². The Bertz CT molecular complexity index is 1190. The Labute approximate surface area is 177 Å². The number of Topliss-reactive ketones (excluding diaryl/α,β-unsaturated/α-hetero) is 1. The summed E-state index contributed by atoms with van der Waals surface area (Å²) in [6.45, 7) is 1.98. The van der Waals surface area contributed by atoms with Gasteiger partial charge in [0.2, 0.25) is 0 Å². The lowest BCUT2D eigenvalue weighted by Crippen LogP contribution is -2.29. The fraction of sp³-hybridized carbons (Fsp3) is 0.217. The second-order valence-corrected chi connectivity index (χ2v) is 7.20. The highest BCUT2D eigenvalue weighted by molar-refractivity contribution is 6.07. The molecule has 0 saturated carbocycles. The van der Waals surface area contributed by atoms with Crippen LogP contribution in [-0.2, 0) is 11.2 Å². The summed E-state index contributed by atoms with van der Waals surface area (Å²) in [5.74, 6) is -0.727. The Kier molecular flexibility index (Phi) is 5.53. The molecule has 1 aromatic carbocycles. The van der Waals surface area contributed by atoms with Crippen molar-refractivity contribution in [1.82, 2.24) is 4.98 Å². The van der Waals surface area contributed by atoms with Crippen molar-refractivity contribution in [2.24, 2.45) is 0 Å². The Balaban J connectivity index is 1.53. The van der Waals surface area contributed by atoms with Crippen LogP contribution in [-0.4, -0.2) is 29.3 Å². The number of esters is 1. The van der Waals surface area contributed by atoms with Gasteiger partial charge in [-0.25, -0.2) is 4.79 Å². The number of ketones is 1. The number of amides is 1. The number of hydrogen-bond acceptors (Lipinski definition) is 6. The van der Waals surface area contributed by atoms with Gasteiger partial charge >= 0.3 is 5.97 Å². The van der Waals surface area contributed by atoms with Crippen molar-refractivity contribution in [1.29, 1.82) is 0 Å². The summed E-state index contributed by atoms with van der Waals surface area (Å²) in [4.78, 5) is 52.2. The molecule has 3 aromatic rings. The van der Waals surface area contributed by atoms with E-state index in [0.717, 1.165) is 0 Å². The van der Waals surface area contributed by atoms with Gasteiger partial charge in [-0.05, 0) is 55.8 Å². The summed E-state index contributed by atoms with van der Waals surface area (Å²) in [6, 6.07) is 11.0. The first kappa shape index (κ1) is 20.3. The summed E-state index contributed by atoms with van der Waals surface area (Å²) >= 11 is 0. The lowest BCUT2D eigenvalue weighted by molar-refractivity contribution is 0.0526. The van der Waals surface area contributed by atoms with Gasteiger partial charge in [-0.15, -0.1) is 0 Å². The molecule has 2 heterocycles. The van der Waals surface area contributed by atoms with Gasteiger partial charge in [-0.1, -0.05) is 0 Å². The predicted octanol–water partition coefficient (Wildman–Crippen LogP) is 3.31. The molecule has 158 valence electrons. The van der Waals surface area contributed by atoms with E-state index in [1.165, 1.54) is 30.3 Å². The molecule has 31 heavy (non-hydrogen) atoms. The number of carbonyl (C=O) groups excluding carboxylic acids is 3. The molecule has 0 unspecified atom stereocenters. The third kappa shape index (κ3) is 4.18. The minimum atomic E-state index is -0.645. The minimum Gasteiger partial charge on any atom is -0.469 e. The fourth-order valence-corrected chi connectivity index (χ4v) is 3.63. The molecule has 1 aliphatic rings. The Morgan fingerprint density at radius 3 is 2.61 bits per heavy atom. The van der Waals surface area contributed by atoms with Gasteiger partial charge in [0.05, 0.1) is 18.4 Å². The van der Waals surface area contributed by atoms with Crippen molar-refractivity contribution in [3.63, 3.8) is 0 Å². The van der Waals surface area contributed by atoms with Gasteiger partial charge in [0.15, 0.2) is 5.78 Å². The SMILES string of the molecule is CCOC(=O)c1ccc(NC(=O)c2cc3c([nH]c2=O)C[C@@H](c2ccco2)CC3=O)cc1. The van der Waals surface area contributed by atoms with Gasteiger partial charge in [-0.2, -0.15) is 0 Å². The van der Waals surface area contributed by atoms with Crippen molar-refractivity contribution in [3.8, 4) is 0 Å². The molecule has 0 saturated heterocycles. The first-order valence-electron chi connectivity index (χ1n) is 9.87. The van der Waals surface area contributed by atoms with Crippen molar-refractivity contribution >= 4 is 23.3 Å². The molecule has 4 rings (SSSR count). The third-order valence-corrected chi connectivity index (χ3v) is 5.15. The standard InChI is InChI=1S/C23H20N2O6/c1-2-30-23(29)13-5-7-15(8-6-13)24-21(27)17-12-16-18(25-22(17)28)10-14(11-19(16)26)20-4-3-9-31-20/h3-9,12,14H,2,10-11H2,1H3,(H,24,27)(H,25,28)/t14-/m1/s1. The molecule has 0 spiro atoms. The average molecular weight is 420 g/mol. The summed E-state index contributed by atoms with van der Waals surface area (Å²) in [6.07, 6.45) is 2.23. The molecule has 8 nitrogen and oxygen atoms in total. The number of pyridine rings is 1. The van der Waals surface area contributed by atoms with E-state index in [9.17, 15) is 19.2 Å². The Hall–Kier alpha value is -3.94. The maximum absolute atomic E-state index is 12.7. The smallest absolute Gasteiger partial charge is 0.338 e. The molecule has 2 aromatic heterocycles. The summed E-state index contributed by atoms with van der Waals surface area (Å²) in [5.41, 5.74) is 0.857. The van der Waals surface area contributed by atoms with Crippen molar-refractivity contribution < 1.29 is 23.5 Å². The molecule has 8 heteroatoms. The van der Waals surface area contributed by atoms with Gasteiger partial charge in [0, 0.05) is 29.3 Å². The van der Waals surface area contributed by atoms with Crippen molar-refractivity contribution in [2.75, 3.05) is 11.9 Å². The van der Waals surface area contributed by atoms with Gasteiger partial charge in [0.1, 0.15) is 11.3 Å². The molecule has 1 amide bonds. The van der Waals surface area contributed by atoms with Crippen LogP contribution in [0.15, 0.2) is 57.9 Å². The number of rotatable bonds is 5. The number of fused-ring (bicyclic) bond motifs is 1. The van der Waals surface area contributed by atoms with E-state index in [1.54, 1.807) is 25.3 Å². The number of nitrogens with one attached hydrogen (secondary N) is 2. The van der Waals surface area contributed by atoms with Crippen LogP contribution in [0.3, 0.4) is 0 Å². The lowest BCUT2D eigenvalue weighted by atomic mass is 9.84. The Morgan fingerprint density at radius 1 is 1.16 bits per heavy atom. The number of aromatic amines is 1. The number of carbonyl (C=O) groups is 3. The number of aromatic nitrogens is 1. The van der Waals surface area contributed by atoms with E-state index in [4.69, 9.17) is 9.15 Å². The minimum absolute atomic E-state index is 0.150. The first-order chi connectivity index (χ1) is 15.0. The van der Waals surface area contributed by atoms with Crippen LogP contribution in [0.1, 0.15) is 61.8 Å². The van der Waals surface area contributed by atoms with E-state index in [2.05, 4.69) is 10.3 Å². The number of hydrogen-bond donors (Lipinski definition) is 2. The van der Waals surface area contributed by atoms with Crippen LogP contribution >= 0.6 is 0 Å². The quantitative estimate of drug-likeness (QED) is 0.612. The molecule has 1 atom stereocenters. The Morgan fingerprint density at radius 2 is 1.94 bits per heavy atom. The third-order valence-electron chi connectivity index (χ3n) is 5.15. The van der Waals surface area contributed by atoms with E-state index >= 15 is 0 Å². The fourth-order valence-electron chi connectivity index (χ4n) is 3.63. The van der Waals surface area contributed by atoms with Gasteiger partial charge < -0.3 is 19.5 Å². The maximum atomic E-state index is 12.7. The predicted molar refractivity (Wildman–Crippen MR) is 112 cm³/mol. The van der Waals surface area contributed by atoms with Gasteiger partial charge in [0.25, 0.3) is 11.5 Å². The van der Waals surface area contributed by atoms with E-state index in [-0.39, 0.29) is 30.3 Å². The highest BCUT2D eigenvalue weighted by Crippen LogP contribution is 2.31. The molecular weight excluding hydrogens is 400 g/mol. The topological polar surface area (TPSA) is 118 Å². The number of H-pyrrole nitrogens is 1. The highest BCUT2D eigenvalue weighted by Gasteiger charge is 2.30. The largest absolute Gasteiger partial charge is 0.469 e. The van der Waals surface area contributed by atoms with Crippen molar-refractivity contribution in [2.45, 2.75) is 25.7 Å². The van der Waals surface area contributed by atoms with Crippen LogP contribution in [0.25, 0.3) is 0 Å². The van der Waals surface area contributed by atoms with Crippen LogP contribution < -0.4 is 10.9 Å². The van der Waals surface area contributed by atoms with Crippen molar-refractivity contribution in [3.05, 3.63) is 87.2 Å². The second kappa shape index (κ2) is 8.43. The maximum Gasteiger partial charge on any atom is 0.338 e.